The zero-order chi connectivity index (χ0) is 30.7. The molecular weight excluding hydrogens is 564 g/mol. The van der Waals surface area contributed by atoms with Crippen molar-refractivity contribution in [3.05, 3.63) is 12.2 Å². The first-order valence-electron chi connectivity index (χ1n) is 13.6. The van der Waals surface area contributed by atoms with Crippen LogP contribution in [0.1, 0.15) is 60.8 Å². The highest BCUT2D eigenvalue weighted by Crippen LogP contribution is 2.63. The van der Waals surface area contributed by atoms with Crippen molar-refractivity contribution in [1.82, 2.24) is 0 Å². The van der Waals surface area contributed by atoms with Crippen LogP contribution in [0.4, 0.5) is 0 Å². The van der Waals surface area contributed by atoms with Gasteiger partial charge in [-0.2, -0.15) is 0 Å². The second-order valence-electron chi connectivity index (χ2n) is 11.8. The summed E-state index contributed by atoms with van der Waals surface area (Å²) in [5, 5.41) is 11.4. The Labute approximate surface area is 242 Å². The molecule has 4 rings (SSSR count). The quantitative estimate of drug-likeness (QED) is 0.164. The van der Waals surface area contributed by atoms with E-state index in [0.29, 0.717) is 5.57 Å². The number of rotatable bonds is 4. The number of hydrogen-bond acceptors (Lipinski definition) is 12. The summed E-state index contributed by atoms with van der Waals surface area (Å²) in [6, 6.07) is 0. The second-order valence-corrected chi connectivity index (χ2v) is 12.2. The Hall–Kier alpha value is -2.70. The lowest BCUT2D eigenvalue weighted by Gasteiger charge is -2.58. The standard InChI is InChI=1S/C28H37ClO12/c1-12-8-9-19(38-15(4)31)26(7)21(27(11-36-27)10-18(37-14(3)30)22(26)39-16(5)32)24(40-17(6)33)28(35)13(2)25(34)41-23(28)20(12)29/h13,18-24,35H,1,8-11H2,2-7H3/t13-,18-,19-,20-,21?,22-,23-,24-,26+,27-,28-/m0/s1. The molecule has 2 saturated heterocycles. The summed E-state index contributed by atoms with van der Waals surface area (Å²) >= 11 is 6.78. The predicted octanol–water partition coefficient (Wildman–Crippen LogP) is 1.76. The van der Waals surface area contributed by atoms with Gasteiger partial charge in [-0.1, -0.05) is 19.1 Å². The van der Waals surface area contributed by atoms with Gasteiger partial charge in [0.1, 0.15) is 30.0 Å². The smallest absolute Gasteiger partial charge is 0.312 e. The molecule has 0 aromatic heterocycles. The number of hydrogen-bond donors (Lipinski definition) is 1. The first-order valence-corrected chi connectivity index (χ1v) is 14.0. The Morgan fingerprint density at radius 1 is 0.976 bits per heavy atom. The maximum absolute atomic E-state index is 13.0. The molecule has 1 N–H and O–H groups in total. The summed E-state index contributed by atoms with van der Waals surface area (Å²) < 4.78 is 34.9. The number of carbonyl (C=O) groups excluding carboxylic acids is 5. The van der Waals surface area contributed by atoms with Crippen LogP contribution in [0.5, 0.6) is 0 Å². The van der Waals surface area contributed by atoms with Gasteiger partial charge in [-0.25, -0.2) is 0 Å². The number of fused-ring (bicyclic) bond motifs is 3. The van der Waals surface area contributed by atoms with Gasteiger partial charge in [-0.05, 0) is 19.8 Å². The van der Waals surface area contributed by atoms with Crippen molar-refractivity contribution in [2.24, 2.45) is 17.3 Å². The molecule has 4 aliphatic rings. The molecule has 0 bridgehead atoms. The fraction of sp³-hybridized carbons (Fsp3) is 0.750. The molecule has 4 fully saturated rings. The third kappa shape index (κ3) is 5.23. The Kier molecular flexibility index (Phi) is 8.27. The van der Waals surface area contributed by atoms with Crippen molar-refractivity contribution in [1.29, 1.82) is 0 Å². The lowest BCUT2D eigenvalue weighted by molar-refractivity contribution is -0.263. The number of alkyl halides is 1. The van der Waals surface area contributed by atoms with E-state index in [-0.39, 0.29) is 25.9 Å². The van der Waals surface area contributed by atoms with Crippen molar-refractivity contribution in [3.8, 4) is 0 Å². The molecule has 228 valence electrons. The maximum atomic E-state index is 13.0. The Morgan fingerprint density at radius 3 is 2.02 bits per heavy atom. The minimum absolute atomic E-state index is 0.00369. The first kappa shape index (κ1) is 31.2. The zero-order valence-corrected chi connectivity index (χ0v) is 24.7. The third-order valence-corrected chi connectivity index (χ3v) is 9.58. The van der Waals surface area contributed by atoms with Gasteiger partial charge in [0.2, 0.25) is 0 Å². The molecule has 0 aromatic carbocycles. The summed E-state index contributed by atoms with van der Waals surface area (Å²) in [6.07, 6.45) is -6.01. The van der Waals surface area contributed by atoms with Crippen LogP contribution in [0, 0.1) is 17.3 Å². The lowest BCUT2D eigenvalue weighted by atomic mass is 9.51. The molecule has 41 heavy (non-hydrogen) atoms. The Bertz CT molecular complexity index is 1150. The molecule has 0 aromatic rings. The molecule has 12 nitrogen and oxygen atoms in total. The van der Waals surface area contributed by atoms with Gasteiger partial charge in [0.05, 0.1) is 23.3 Å². The largest absolute Gasteiger partial charge is 0.462 e. The highest BCUT2D eigenvalue weighted by Gasteiger charge is 2.77. The lowest BCUT2D eigenvalue weighted by Crippen LogP contribution is -2.72. The van der Waals surface area contributed by atoms with Gasteiger partial charge < -0.3 is 33.5 Å². The van der Waals surface area contributed by atoms with E-state index in [1.807, 2.05) is 0 Å². The van der Waals surface area contributed by atoms with Crippen LogP contribution >= 0.6 is 11.6 Å². The monoisotopic (exact) mass is 600 g/mol. The van der Waals surface area contributed by atoms with Crippen molar-refractivity contribution in [2.45, 2.75) is 108 Å². The average molecular weight is 601 g/mol. The maximum Gasteiger partial charge on any atom is 0.312 e. The van der Waals surface area contributed by atoms with Gasteiger partial charge in [-0.15, -0.1) is 11.6 Å². The van der Waals surface area contributed by atoms with E-state index in [1.165, 1.54) is 27.7 Å². The minimum Gasteiger partial charge on any atom is -0.462 e. The average Bonchev–Trinajstić information content (AvgIpc) is 3.57. The highest BCUT2D eigenvalue weighted by molar-refractivity contribution is 6.23. The molecule has 0 radical (unpaired) electrons. The highest BCUT2D eigenvalue weighted by atomic mass is 35.5. The first-order chi connectivity index (χ1) is 19.0. The van der Waals surface area contributed by atoms with E-state index >= 15 is 0 Å². The van der Waals surface area contributed by atoms with E-state index in [1.54, 1.807) is 6.92 Å². The van der Waals surface area contributed by atoms with Gasteiger partial charge in [0, 0.05) is 40.0 Å². The van der Waals surface area contributed by atoms with Crippen LogP contribution in [0.2, 0.25) is 0 Å². The summed E-state index contributed by atoms with van der Waals surface area (Å²) in [5.41, 5.74) is -4.56. The summed E-state index contributed by atoms with van der Waals surface area (Å²) in [5.74, 6) is -5.86. The third-order valence-electron chi connectivity index (χ3n) is 9.04. The number of carbonyl (C=O) groups is 5. The van der Waals surface area contributed by atoms with Crippen LogP contribution < -0.4 is 0 Å². The molecule has 13 heteroatoms. The fourth-order valence-electron chi connectivity index (χ4n) is 7.23. The molecule has 2 aliphatic carbocycles. The molecule has 2 saturated carbocycles. The van der Waals surface area contributed by atoms with E-state index in [0.717, 1.165) is 6.92 Å². The van der Waals surface area contributed by atoms with Crippen LogP contribution in [-0.4, -0.2) is 88.7 Å². The number of epoxide rings is 1. The van der Waals surface area contributed by atoms with Crippen molar-refractivity contribution >= 4 is 41.4 Å². The molecular formula is C28H37ClO12. The van der Waals surface area contributed by atoms with E-state index < -0.39 is 94.2 Å². The van der Waals surface area contributed by atoms with Crippen molar-refractivity contribution < 1.29 is 57.5 Å². The predicted molar refractivity (Wildman–Crippen MR) is 139 cm³/mol. The van der Waals surface area contributed by atoms with Crippen LogP contribution in [0.15, 0.2) is 12.2 Å². The molecule has 1 spiro atoms. The van der Waals surface area contributed by atoms with E-state index in [4.69, 9.17) is 40.0 Å². The molecule has 0 amide bonds. The van der Waals surface area contributed by atoms with E-state index in [9.17, 15) is 29.1 Å². The zero-order valence-electron chi connectivity index (χ0n) is 24.0. The number of aliphatic hydroxyl groups is 1. The Morgan fingerprint density at radius 2 is 1.51 bits per heavy atom. The van der Waals surface area contributed by atoms with Crippen molar-refractivity contribution in [2.75, 3.05) is 6.61 Å². The molecule has 2 heterocycles. The van der Waals surface area contributed by atoms with Gasteiger partial charge >= 0.3 is 29.8 Å². The number of ether oxygens (including phenoxy) is 6. The van der Waals surface area contributed by atoms with Crippen molar-refractivity contribution in [3.63, 3.8) is 0 Å². The van der Waals surface area contributed by atoms with E-state index in [2.05, 4.69) is 6.58 Å². The minimum atomic E-state index is -2.21. The number of halogens is 1. The molecule has 1 unspecified atom stereocenters. The molecule has 11 atom stereocenters. The number of esters is 5. The Balaban J connectivity index is 2.05. The topological polar surface area (TPSA) is 164 Å². The normalized spacial score (nSPS) is 43.6. The molecule has 2 aliphatic heterocycles. The SMILES string of the molecule is C=C1CC[C@H](OC(C)=O)[C@]2(C)C([C@H](OC(C)=O)[C@]3(O)[C@@H](C)C(=O)O[C@H]3[C@H]1Cl)[C@@]1(CO1)C[C@H](OC(C)=O)[C@@H]2OC(C)=O. The summed E-state index contributed by atoms with van der Waals surface area (Å²) in [4.78, 5) is 62.9. The van der Waals surface area contributed by atoms with Gasteiger partial charge in [-0.3, -0.25) is 24.0 Å². The van der Waals surface area contributed by atoms with Crippen LogP contribution in [-0.2, 0) is 52.4 Å². The van der Waals surface area contributed by atoms with Crippen LogP contribution in [0.3, 0.4) is 0 Å². The summed E-state index contributed by atoms with van der Waals surface area (Å²) in [7, 11) is 0. The fourth-order valence-corrected chi connectivity index (χ4v) is 7.59. The summed E-state index contributed by atoms with van der Waals surface area (Å²) in [6.45, 7) is 12.0. The van der Waals surface area contributed by atoms with Gasteiger partial charge in [0.25, 0.3) is 0 Å². The van der Waals surface area contributed by atoms with Gasteiger partial charge in [0.15, 0.2) is 11.7 Å². The second kappa shape index (κ2) is 10.9. The van der Waals surface area contributed by atoms with Crippen LogP contribution in [0.25, 0.3) is 0 Å².